The van der Waals surface area contributed by atoms with Crippen molar-refractivity contribution in [3.63, 3.8) is 0 Å². The van der Waals surface area contributed by atoms with Crippen molar-refractivity contribution >= 4 is 15.1 Å². The van der Waals surface area contributed by atoms with Gasteiger partial charge in [0.1, 0.15) is 6.67 Å². The maximum atomic E-state index is 12.1. The van der Waals surface area contributed by atoms with Gasteiger partial charge in [0.25, 0.3) is 0 Å². The highest BCUT2D eigenvalue weighted by atomic mass is 28.3. The first kappa shape index (κ1) is 19.2. The minimum absolute atomic E-state index is 0.00522. The number of hydrogen-bond donors (Lipinski definition) is 2. The highest BCUT2D eigenvalue weighted by Crippen LogP contribution is 2.33. The maximum absolute atomic E-state index is 12.1. The molecular weight excluding hydrogens is 299 g/mol. The van der Waals surface area contributed by atoms with Crippen LogP contribution in [-0.4, -0.2) is 40.4 Å². The summed E-state index contributed by atoms with van der Waals surface area (Å²) in [7, 11) is -1.15. The molecule has 0 aliphatic heterocycles. The lowest BCUT2D eigenvalue weighted by atomic mass is 9.80. The van der Waals surface area contributed by atoms with Crippen LogP contribution in [0.1, 0.15) is 40.0 Å². The molecule has 0 bridgehead atoms. The third kappa shape index (κ3) is 6.48. The quantitative estimate of drug-likeness (QED) is 0.580. The molecule has 2 N–H and O–H groups in total. The molecule has 2 unspecified atom stereocenters. The lowest BCUT2D eigenvalue weighted by Gasteiger charge is -2.37. The summed E-state index contributed by atoms with van der Waals surface area (Å²) in [5.74, 6) is 0. The van der Waals surface area contributed by atoms with Crippen molar-refractivity contribution in [3.8, 4) is 0 Å². The van der Waals surface area contributed by atoms with Crippen molar-refractivity contribution in [2.24, 2.45) is 5.41 Å². The zero-order chi connectivity index (χ0) is 16.8. The topological polar surface area (TPSA) is 50.4 Å². The van der Waals surface area contributed by atoms with Crippen LogP contribution in [0.2, 0.25) is 13.1 Å². The van der Waals surface area contributed by atoms with Gasteiger partial charge < -0.3 is 15.1 Å². The minimum atomic E-state index is -1.15. The number of hydrogen-bond acceptors (Lipinski definition) is 2. The molecule has 0 heterocycles. The molecule has 0 radical (unpaired) electrons. The van der Waals surface area contributed by atoms with E-state index in [1.54, 1.807) is 0 Å². The molecule has 0 aromatic carbocycles. The summed E-state index contributed by atoms with van der Waals surface area (Å²) < 4.78 is 18.4. The van der Waals surface area contributed by atoms with Crippen LogP contribution in [0.3, 0.4) is 0 Å². The van der Waals surface area contributed by atoms with Gasteiger partial charge in [0, 0.05) is 12.6 Å². The molecule has 0 aromatic heterocycles. The van der Waals surface area contributed by atoms with Gasteiger partial charge in [0.05, 0.1) is 6.10 Å². The van der Waals surface area contributed by atoms with Gasteiger partial charge in [0.15, 0.2) is 9.04 Å². The van der Waals surface area contributed by atoms with Gasteiger partial charge in [-0.3, -0.25) is 0 Å². The molecule has 0 fully saturated rings. The predicted octanol–water partition coefficient (Wildman–Crippen LogP) is 3.15. The first-order valence-corrected chi connectivity index (χ1v) is 11.0. The Kier molecular flexibility index (Phi) is 7.55. The first-order valence-electron chi connectivity index (χ1n) is 8.20. The average Bonchev–Trinajstić information content (AvgIpc) is 2.41. The van der Waals surface area contributed by atoms with E-state index in [9.17, 15) is 9.18 Å². The summed E-state index contributed by atoms with van der Waals surface area (Å²) in [6.45, 7) is 10.5. The standard InChI is InChI=1S/C16H31FN2O2Si/c1-16(2,3)14(21-22(4)5)12-7-6-8-13(11-12)19-15(20)18-10-9-17/h11,13-14,22H,6-10H2,1-5H3,(H2,18,19,20). The third-order valence-corrected chi connectivity index (χ3v) is 4.44. The van der Waals surface area contributed by atoms with E-state index >= 15 is 0 Å². The first-order chi connectivity index (χ1) is 10.2. The molecule has 1 aliphatic carbocycles. The van der Waals surface area contributed by atoms with Gasteiger partial charge in [0.2, 0.25) is 0 Å². The van der Waals surface area contributed by atoms with Crippen molar-refractivity contribution in [3.05, 3.63) is 11.6 Å². The van der Waals surface area contributed by atoms with Crippen LogP contribution in [-0.2, 0) is 4.43 Å². The summed E-state index contributed by atoms with van der Waals surface area (Å²) in [6, 6.07) is -0.294. The number of nitrogens with one attached hydrogen (secondary N) is 2. The molecule has 4 nitrogen and oxygen atoms in total. The van der Waals surface area contributed by atoms with E-state index in [2.05, 4.69) is 50.6 Å². The zero-order valence-corrected chi connectivity index (χ0v) is 15.7. The van der Waals surface area contributed by atoms with Crippen molar-refractivity contribution in [1.82, 2.24) is 10.6 Å². The Morgan fingerprint density at radius 2 is 2.18 bits per heavy atom. The molecule has 1 rings (SSSR count). The average molecular weight is 331 g/mol. The number of amides is 2. The van der Waals surface area contributed by atoms with Crippen LogP contribution in [0.25, 0.3) is 0 Å². The van der Waals surface area contributed by atoms with E-state index < -0.39 is 15.7 Å². The van der Waals surface area contributed by atoms with Gasteiger partial charge in [-0.05, 0) is 43.3 Å². The highest BCUT2D eigenvalue weighted by molar-refractivity contribution is 6.48. The van der Waals surface area contributed by atoms with Gasteiger partial charge >= 0.3 is 6.03 Å². The third-order valence-electron chi connectivity index (χ3n) is 3.62. The van der Waals surface area contributed by atoms with E-state index in [0.29, 0.717) is 0 Å². The Hall–Kier alpha value is -0.883. The monoisotopic (exact) mass is 330 g/mol. The Labute approximate surface area is 135 Å². The van der Waals surface area contributed by atoms with Crippen LogP contribution < -0.4 is 10.6 Å². The van der Waals surface area contributed by atoms with Crippen LogP contribution in [0.4, 0.5) is 9.18 Å². The Morgan fingerprint density at radius 1 is 1.50 bits per heavy atom. The second-order valence-corrected chi connectivity index (χ2v) is 9.63. The van der Waals surface area contributed by atoms with Crippen LogP contribution in [0.15, 0.2) is 11.6 Å². The molecular formula is C16H31FN2O2Si. The normalized spacial score (nSPS) is 20.5. The second kappa shape index (κ2) is 8.67. The Bertz CT molecular complexity index is 394. The van der Waals surface area contributed by atoms with Crippen molar-refractivity contribution in [2.75, 3.05) is 13.2 Å². The molecule has 128 valence electrons. The summed E-state index contributed by atoms with van der Waals surface area (Å²) in [5.41, 5.74) is 1.33. The van der Waals surface area contributed by atoms with Crippen molar-refractivity contribution in [2.45, 2.75) is 65.3 Å². The fourth-order valence-electron chi connectivity index (χ4n) is 2.78. The van der Waals surface area contributed by atoms with Gasteiger partial charge in [-0.15, -0.1) is 0 Å². The maximum Gasteiger partial charge on any atom is 0.315 e. The van der Waals surface area contributed by atoms with Gasteiger partial charge in [-0.2, -0.15) is 0 Å². The zero-order valence-electron chi connectivity index (χ0n) is 14.5. The largest absolute Gasteiger partial charge is 0.413 e. The smallest absolute Gasteiger partial charge is 0.315 e. The summed E-state index contributed by atoms with van der Waals surface area (Å²) in [4.78, 5) is 11.7. The summed E-state index contributed by atoms with van der Waals surface area (Å²) >= 11 is 0. The second-order valence-electron chi connectivity index (χ2n) is 7.26. The number of carbonyl (C=O) groups excluding carboxylic acids is 1. The van der Waals surface area contributed by atoms with E-state index in [-0.39, 0.29) is 30.1 Å². The molecule has 0 saturated carbocycles. The van der Waals surface area contributed by atoms with Crippen LogP contribution in [0.5, 0.6) is 0 Å². The number of rotatable bonds is 6. The molecule has 22 heavy (non-hydrogen) atoms. The lowest BCUT2D eigenvalue weighted by Crippen LogP contribution is -2.44. The van der Waals surface area contributed by atoms with Gasteiger partial charge in [-0.1, -0.05) is 26.8 Å². The molecule has 2 amide bonds. The lowest BCUT2D eigenvalue weighted by molar-refractivity contribution is 0.113. The number of urea groups is 1. The Morgan fingerprint density at radius 3 is 2.73 bits per heavy atom. The predicted molar refractivity (Wildman–Crippen MR) is 91.4 cm³/mol. The van der Waals surface area contributed by atoms with Crippen molar-refractivity contribution in [1.29, 1.82) is 0 Å². The van der Waals surface area contributed by atoms with Crippen LogP contribution in [0, 0.1) is 5.41 Å². The fourth-order valence-corrected chi connectivity index (χ4v) is 3.91. The molecule has 0 aromatic rings. The molecule has 0 spiro atoms. The van der Waals surface area contributed by atoms with Crippen LogP contribution >= 0.6 is 0 Å². The Balaban J connectivity index is 2.76. The number of alkyl halides is 1. The molecule has 0 saturated heterocycles. The number of carbonyl (C=O) groups is 1. The summed E-state index contributed by atoms with van der Waals surface area (Å²) in [6.07, 6.45) is 5.23. The summed E-state index contributed by atoms with van der Waals surface area (Å²) in [5, 5.41) is 5.41. The van der Waals surface area contributed by atoms with Crippen molar-refractivity contribution < 1.29 is 13.6 Å². The molecule has 1 aliphatic rings. The highest BCUT2D eigenvalue weighted by Gasteiger charge is 2.31. The fraction of sp³-hybridized carbons (Fsp3) is 0.812. The van der Waals surface area contributed by atoms with Gasteiger partial charge in [-0.25, -0.2) is 9.18 Å². The van der Waals surface area contributed by atoms with E-state index in [4.69, 9.17) is 4.43 Å². The SMILES string of the molecule is C[SiH](C)OC(C1=CC(NC(=O)NCCF)CCC1)C(C)(C)C. The molecule has 6 heteroatoms. The van der Waals surface area contributed by atoms with E-state index in [1.165, 1.54) is 5.57 Å². The van der Waals surface area contributed by atoms with E-state index in [1.807, 2.05) is 0 Å². The minimum Gasteiger partial charge on any atom is -0.413 e. The van der Waals surface area contributed by atoms with E-state index in [0.717, 1.165) is 19.3 Å². The number of halogens is 1. The molecule has 2 atom stereocenters.